The van der Waals surface area contributed by atoms with Crippen LogP contribution in [0, 0.1) is 0 Å². The molecule has 3 rings (SSSR count). The molecular weight excluding hydrogens is 344 g/mol. The number of ketones is 1. The second-order valence-electron chi connectivity index (χ2n) is 5.83. The fourth-order valence-electron chi connectivity index (χ4n) is 2.63. The summed E-state index contributed by atoms with van der Waals surface area (Å²) in [4.78, 5) is 24.7. The first-order chi connectivity index (χ1) is 13.1. The number of hydrogen-bond donors (Lipinski definition) is 0. The number of Topliss-reactive ketones (excluding diaryl/α,β-unsaturated/α-hetero) is 1. The number of rotatable bonds is 7. The fraction of sp³-hybridized carbons (Fsp3) is 0.190. The van der Waals surface area contributed by atoms with Crippen molar-refractivity contribution in [2.75, 3.05) is 13.7 Å². The highest BCUT2D eigenvalue weighted by atomic mass is 16.5. The quantitative estimate of drug-likeness (QED) is 0.602. The van der Waals surface area contributed by atoms with Crippen LogP contribution in [0.1, 0.15) is 17.3 Å². The molecule has 3 aromatic rings. The molecule has 0 bridgehead atoms. The van der Waals surface area contributed by atoms with E-state index in [1.807, 2.05) is 31.2 Å². The molecule has 1 heterocycles. The molecule has 0 fully saturated rings. The van der Waals surface area contributed by atoms with E-state index in [1.165, 1.54) is 17.9 Å². The van der Waals surface area contributed by atoms with Crippen molar-refractivity contribution in [2.24, 2.45) is 0 Å². The monoisotopic (exact) mass is 364 g/mol. The van der Waals surface area contributed by atoms with Gasteiger partial charge < -0.3 is 9.47 Å². The Balaban J connectivity index is 1.84. The largest absolute Gasteiger partial charge is 0.497 e. The molecule has 0 saturated heterocycles. The lowest BCUT2D eigenvalue weighted by Crippen LogP contribution is -2.26. The van der Waals surface area contributed by atoms with Gasteiger partial charge in [-0.1, -0.05) is 12.1 Å². The molecule has 1 aromatic heterocycles. The number of nitrogens with zero attached hydrogens (tertiary/aromatic N) is 2. The van der Waals surface area contributed by atoms with E-state index in [4.69, 9.17) is 9.47 Å². The maximum atomic E-state index is 12.5. The van der Waals surface area contributed by atoms with Crippen molar-refractivity contribution < 1.29 is 14.3 Å². The maximum absolute atomic E-state index is 12.5. The zero-order valence-electron chi connectivity index (χ0n) is 15.2. The molecule has 2 aromatic carbocycles. The highest BCUT2D eigenvalue weighted by Crippen LogP contribution is 2.20. The van der Waals surface area contributed by atoms with Crippen LogP contribution in [0.3, 0.4) is 0 Å². The number of carbonyl (C=O) groups is 1. The number of carbonyl (C=O) groups excluding carboxylic acids is 1. The van der Waals surface area contributed by atoms with Crippen molar-refractivity contribution in [2.45, 2.75) is 13.5 Å². The van der Waals surface area contributed by atoms with Gasteiger partial charge in [-0.2, -0.15) is 5.10 Å². The third-order valence-electron chi connectivity index (χ3n) is 4.01. The molecule has 0 spiro atoms. The summed E-state index contributed by atoms with van der Waals surface area (Å²) in [5.74, 6) is 1.14. The van der Waals surface area contributed by atoms with E-state index in [9.17, 15) is 9.59 Å². The lowest BCUT2D eigenvalue weighted by molar-refractivity contribution is 0.0965. The summed E-state index contributed by atoms with van der Waals surface area (Å²) in [6.07, 6.45) is 0. The number of ether oxygens (including phenoxy) is 2. The Bertz CT molecular complexity index is 994. The summed E-state index contributed by atoms with van der Waals surface area (Å²) in [6.45, 7) is 2.37. The average molecular weight is 364 g/mol. The van der Waals surface area contributed by atoms with E-state index < -0.39 is 0 Å². The van der Waals surface area contributed by atoms with Crippen LogP contribution in [0.2, 0.25) is 0 Å². The van der Waals surface area contributed by atoms with Crippen LogP contribution in [-0.2, 0) is 6.54 Å². The molecule has 0 radical (unpaired) electrons. The topological polar surface area (TPSA) is 70.4 Å². The van der Waals surface area contributed by atoms with Gasteiger partial charge in [0.1, 0.15) is 18.0 Å². The summed E-state index contributed by atoms with van der Waals surface area (Å²) in [5, 5.41) is 4.34. The zero-order chi connectivity index (χ0) is 19.2. The lowest BCUT2D eigenvalue weighted by Gasteiger charge is -2.08. The van der Waals surface area contributed by atoms with E-state index >= 15 is 0 Å². The van der Waals surface area contributed by atoms with Crippen LogP contribution < -0.4 is 15.0 Å². The zero-order valence-corrected chi connectivity index (χ0v) is 15.2. The van der Waals surface area contributed by atoms with E-state index in [2.05, 4.69) is 5.10 Å². The van der Waals surface area contributed by atoms with Gasteiger partial charge in [0.15, 0.2) is 5.78 Å². The predicted octanol–water partition coefficient (Wildman–Crippen LogP) is 3.20. The predicted molar refractivity (Wildman–Crippen MR) is 102 cm³/mol. The summed E-state index contributed by atoms with van der Waals surface area (Å²) in [6, 6.07) is 17.3. The Morgan fingerprint density at radius 3 is 2.52 bits per heavy atom. The molecular formula is C21H20N2O4. The number of methoxy groups -OCH3 is 1. The van der Waals surface area contributed by atoms with Gasteiger partial charge in [0.2, 0.25) is 0 Å². The van der Waals surface area contributed by atoms with Gasteiger partial charge in [-0.25, -0.2) is 4.68 Å². The Kier molecular flexibility index (Phi) is 5.66. The molecule has 0 atom stereocenters. The Morgan fingerprint density at radius 2 is 1.81 bits per heavy atom. The number of hydrogen-bond acceptors (Lipinski definition) is 5. The number of aromatic nitrogens is 2. The third-order valence-corrected chi connectivity index (χ3v) is 4.01. The minimum atomic E-state index is -0.332. The Morgan fingerprint density at radius 1 is 1.04 bits per heavy atom. The standard InChI is InChI=1S/C21H20N2O4/c1-3-27-17-9-7-15(8-10-17)19-11-12-21(25)23(22-19)14-20(24)16-5-4-6-18(13-16)26-2/h4-13H,3,14H2,1-2H3. The van der Waals surface area contributed by atoms with Crippen LogP contribution in [-0.4, -0.2) is 29.3 Å². The first-order valence-electron chi connectivity index (χ1n) is 8.59. The van der Waals surface area contributed by atoms with Crippen molar-refractivity contribution >= 4 is 5.78 Å². The minimum Gasteiger partial charge on any atom is -0.497 e. The Hall–Kier alpha value is -3.41. The first-order valence-corrected chi connectivity index (χ1v) is 8.59. The van der Waals surface area contributed by atoms with Gasteiger partial charge in [-0.05, 0) is 49.4 Å². The fourth-order valence-corrected chi connectivity index (χ4v) is 2.63. The van der Waals surface area contributed by atoms with E-state index in [1.54, 1.807) is 30.3 Å². The summed E-state index contributed by atoms with van der Waals surface area (Å²) in [7, 11) is 1.54. The van der Waals surface area contributed by atoms with Crippen LogP contribution >= 0.6 is 0 Å². The van der Waals surface area contributed by atoms with Crippen LogP contribution in [0.4, 0.5) is 0 Å². The van der Waals surface area contributed by atoms with Crippen molar-refractivity contribution in [1.82, 2.24) is 9.78 Å². The van der Waals surface area contributed by atoms with E-state index in [-0.39, 0.29) is 17.9 Å². The van der Waals surface area contributed by atoms with Gasteiger partial charge >= 0.3 is 0 Å². The van der Waals surface area contributed by atoms with Crippen LogP contribution in [0.25, 0.3) is 11.3 Å². The van der Waals surface area contributed by atoms with Gasteiger partial charge in [-0.3, -0.25) is 9.59 Å². The normalized spacial score (nSPS) is 10.4. The maximum Gasteiger partial charge on any atom is 0.267 e. The van der Waals surface area contributed by atoms with Gasteiger partial charge in [0, 0.05) is 17.2 Å². The Labute approximate surface area is 157 Å². The molecule has 138 valence electrons. The van der Waals surface area contributed by atoms with E-state index in [0.29, 0.717) is 23.6 Å². The summed E-state index contributed by atoms with van der Waals surface area (Å²) >= 11 is 0. The van der Waals surface area contributed by atoms with Gasteiger partial charge in [0.05, 0.1) is 19.4 Å². The second-order valence-corrected chi connectivity index (χ2v) is 5.83. The van der Waals surface area contributed by atoms with Gasteiger partial charge in [-0.15, -0.1) is 0 Å². The second kappa shape index (κ2) is 8.31. The summed E-state index contributed by atoms with van der Waals surface area (Å²) in [5.41, 5.74) is 1.58. The molecule has 0 aliphatic heterocycles. The smallest absolute Gasteiger partial charge is 0.267 e. The van der Waals surface area contributed by atoms with Crippen molar-refractivity contribution in [3.63, 3.8) is 0 Å². The van der Waals surface area contributed by atoms with Crippen LogP contribution in [0.15, 0.2) is 65.5 Å². The summed E-state index contributed by atoms with van der Waals surface area (Å²) < 4.78 is 11.7. The average Bonchev–Trinajstić information content (AvgIpc) is 2.70. The van der Waals surface area contributed by atoms with Crippen LogP contribution in [0.5, 0.6) is 11.5 Å². The molecule has 0 unspecified atom stereocenters. The molecule has 0 aliphatic rings. The van der Waals surface area contributed by atoms with Crippen molar-refractivity contribution in [3.8, 4) is 22.8 Å². The van der Waals surface area contributed by atoms with Crippen molar-refractivity contribution in [3.05, 3.63) is 76.6 Å². The molecule has 0 amide bonds. The SMILES string of the molecule is CCOc1ccc(-c2ccc(=O)n(CC(=O)c3cccc(OC)c3)n2)cc1. The molecule has 6 nitrogen and oxygen atoms in total. The molecule has 0 saturated carbocycles. The van der Waals surface area contributed by atoms with Gasteiger partial charge in [0.25, 0.3) is 5.56 Å². The highest BCUT2D eigenvalue weighted by Gasteiger charge is 2.11. The minimum absolute atomic E-state index is 0.142. The lowest BCUT2D eigenvalue weighted by atomic mass is 10.1. The molecule has 0 N–H and O–H groups in total. The molecule has 27 heavy (non-hydrogen) atoms. The number of benzene rings is 2. The molecule has 0 aliphatic carbocycles. The highest BCUT2D eigenvalue weighted by molar-refractivity contribution is 5.96. The molecule has 6 heteroatoms. The third kappa shape index (κ3) is 4.41. The first kappa shape index (κ1) is 18.4. The van der Waals surface area contributed by atoms with E-state index in [0.717, 1.165) is 11.3 Å². The van der Waals surface area contributed by atoms with Crippen molar-refractivity contribution in [1.29, 1.82) is 0 Å².